The molecule has 198 valence electrons. The summed E-state index contributed by atoms with van der Waals surface area (Å²) in [5, 5.41) is 9.29. The van der Waals surface area contributed by atoms with Gasteiger partial charge in [-0.2, -0.15) is 5.26 Å². The van der Waals surface area contributed by atoms with E-state index in [-0.39, 0.29) is 13.0 Å². The van der Waals surface area contributed by atoms with Crippen molar-refractivity contribution in [3.05, 3.63) is 12.2 Å². The molecular formula is C23H29NO12. The van der Waals surface area contributed by atoms with Gasteiger partial charge in [0, 0.05) is 41.0 Å². The number of hydrogen-bond acceptors (Lipinski definition) is 13. The van der Waals surface area contributed by atoms with Crippen LogP contribution in [0.25, 0.3) is 0 Å². The van der Waals surface area contributed by atoms with Crippen LogP contribution in [0.15, 0.2) is 12.2 Å². The second kappa shape index (κ2) is 13.0. The molecule has 2 rings (SSSR count). The molecule has 0 spiro atoms. The van der Waals surface area contributed by atoms with Gasteiger partial charge in [-0.05, 0) is 12.2 Å². The van der Waals surface area contributed by atoms with Crippen LogP contribution >= 0.6 is 0 Å². The number of ether oxygens (including phenoxy) is 7. The minimum absolute atomic E-state index is 0.112. The Morgan fingerprint density at radius 2 is 1.22 bits per heavy atom. The van der Waals surface area contributed by atoms with Crippen molar-refractivity contribution < 1.29 is 57.1 Å². The summed E-state index contributed by atoms with van der Waals surface area (Å²) < 4.78 is 38.3. The summed E-state index contributed by atoms with van der Waals surface area (Å²) in [7, 11) is 0. The third kappa shape index (κ3) is 8.31. The number of carbonyl (C=O) groups is 5. The van der Waals surface area contributed by atoms with E-state index in [1.54, 1.807) is 0 Å². The van der Waals surface area contributed by atoms with Crippen molar-refractivity contribution in [3.63, 3.8) is 0 Å². The largest absolute Gasteiger partial charge is 0.463 e. The molecule has 2 heterocycles. The van der Waals surface area contributed by atoms with E-state index < -0.39 is 78.7 Å². The second-order valence-corrected chi connectivity index (χ2v) is 8.16. The molecule has 2 aliphatic rings. The van der Waals surface area contributed by atoms with Crippen LogP contribution in [0.3, 0.4) is 0 Å². The molecule has 0 bridgehead atoms. The number of esters is 5. The first-order chi connectivity index (χ1) is 16.9. The minimum Gasteiger partial charge on any atom is -0.463 e. The highest BCUT2D eigenvalue weighted by Crippen LogP contribution is 2.33. The minimum atomic E-state index is -1.34. The van der Waals surface area contributed by atoms with Gasteiger partial charge in [0.25, 0.3) is 0 Å². The second-order valence-electron chi connectivity index (χ2n) is 8.16. The van der Waals surface area contributed by atoms with Crippen LogP contribution in [0.4, 0.5) is 0 Å². The lowest BCUT2D eigenvalue weighted by molar-refractivity contribution is -0.258. The lowest BCUT2D eigenvalue weighted by atomic mass is 9.89. The van der Waals surface area contributed by atoms with Gasteiger partial charge >= 0.3 is 29.8 Å². The number of nitrogens with zero attached hydrogens (tertiary/aromatic N) is 1. The molecule has 0 aromatic carbocycles. The molecule has 0 aromatic rings. The van der Waals surface area contributed by atoms with Crippen molar-refractivity contribution in [2.24, 2.45) is 0 Å². The molecule has 2 aliphatic heterocycles. The van der Waals surface area contributed by atoms with Gasteiger partial charge in [-0.25, -0.2) is 0 Å². The fraction of sp³-hybridized carbons (Fsp3) is 0.652. The van der Waals surface area contributed by atoms with Crippen molar-refractivity contribution >= 4 is 29.8 Å². The van der Waals surface area contributed by atoms with Crippen LogP contribution in [-0.4, -0.2) is 85.3 Å². The Morgan fingerprint density at radius 3 is 1.72 bits per heavy atom. The fourth-order valence-corrected chi connectivity index (χ4v) is 3.95. The predicted molar refractivity (Wildman–Crippen MR) is 116 cm³/mol. The van der Waals surface area contributed by atoms with Crippen molar-refractivity contribution in [1.82, 2.24) is 0 Å². The van der Waals surface area contributed by atoms with Crippen LogP contribution in [0.2, 0.25) is 0 Å². The predicted octanol–water partition coefficient (Wildman–Crippen LogP) is 0.281. The van der Waals surface area contributed by atoms with Gasteiger partial charge in [0.1, 0.15) is 31.0 Å². The normalized spacial score (nSPS) is 31.3. The molecule has 0 saturated carbocycles. The van der Waals surface area contributed by atoms with Crippen molar-refractivity contribution in [1.29, 1.82) is 5.26 Å². The summed E-state index contributed by atoms with van der Waals surface area (Å²) in [5.41, 5.74) is 0. The van der Waals surface area contributed by atoms with Crippen molar-refractivity contribution in [3.8, 4) is 6.07 Å². The van der Waals surface area contributed by atoms with Gasteiger partial charge < -0.3 is 33.2 Å². The van der Waals surface area contributed by atoms with Crippen LogP contribution < -0.4 is 0 Å². The van der Waals surface area contributed by atoms with Crippen LogP contribution in [0.5, 0.6) is 0 Å². The Bertz CT molecular complexity index is 925. The first kappa shape index (κ1) is 28.7. The molecule has 0 amide bonds. The molecule has 8 atom stereocenters. The van der Waals surface area contributed by atoms with Crippen molar-refractivity contribution in [2.45, 2.75) is 89.9 Å². The third-order valence-electron chi connectivity index (χ3n) is 5.14. The lowest BCUT2D eigenvalue weighted by Crippen LogP contribution is -2.63. The Balaban J connectivity index is 2.47. The molecule has 36 heavy (non-hydrogen) atoms. The van der Waals surface area contributed by atoms with Crippen molar-refractivity contribution in [2.75, 3.05) is 6.61 Å². The first-order valence-electron chi connectivity index (χ1n) is 11.1. The Morgan fingerprint density at radius 1 is 0.694 bits per heavy atom. The van der Waals surface area contributed by atoms with E-state index in [0.717, 1.165) is 20.8 Å². The van der Waals surface area contributed by atoms with Gasteiger partial charge in [0.15, 0.2) is 24.4 Å². The molecule has 13 heteroatoms. The maximum atomic E-state index is 12.0. The monoisotopic (exact) mass is 511 g/mol. The Kier molecular flexibility index (Phi) is 10.4. The molecule has 1 saturated heterocycles. The van der Waals surface area contributed by atoms with Gasteiger partial charge in [0.2, 0.25) is 0 Å². The van der Waals surface area contributed by atoms with Crippen LogP contribution in [0.1, 0.15) is 41.0 Å². The molecule has 1 fully saturated rings. The van der Waals surface area contributed by atoms with Crippen LogP contribution in [-0.2, 0) is 57.1 Å². The quantitative estimate of drug-likeness (QED) is 0.247. The zero-order valence-electron chi connectivity index (χ0n) is 20.5. The van der Waals surface area contributed by atoms with Crippen LogP contribution in [0, 0.1) is 11.3 Å². The van der Waals surface area contributed by atoms with Gasteiger partial charge in [-0.1, -0.05) is 0 Å². The standard InChI is InChI=1S/C23H29NO12/c1-11(25)30-10-20-22(33-14(4)28)23(34-15(5)29)21(32-13(3)27)19(36-20)8-18-17(31-12(2)26)7-6-16(9-24)35-18/h6-7,16-23H,8,10H2,1-5H3/t16-,17+,18-,19+,20-,21+,22-,23-/m1/s1. The van der Waals surface area contributed by atoms with E-state index >= 15 is 0 Å². The SMILES string of the molecule is CC(=O)OC[C@H]1O[C@@H](C[C@H]2O[C@@H](C#N)C=C[C@@H]2OC(C)=O)[C@H](OC(C)=O)[C@@H](OC(C)=O)[C@@H]1OC(C)=O. The maximum Gasteiger partial charge on any atom is 0.303 e. The average Bonchev–Trinajstić information content (AvgIpc) is 2.76. The zero-order chi connectivity index (χ0) is 27.0. The van der Waals surface area contributed by atoms with E-state index in [1.807, 2.05) is 6.07 Å². The Hall–Kier alpha value is -3.50. The summed E-state index contributed by atoms with van der Waals surface area (Å²) in [6.07, 6.45) is -6.11. The van der Waals surface area contributed by atoms with Gasteiger partial charge in [-0.3, -0.25) is 24.0 Å². The first-order valence-corrected chi connectivity index (χ1v) is 11.1. The number of nitriles is 1. The highest BCUT2D eigenvalue weighted by molar-refractivity contribution is 5.69. The summed E-state index contributed by atoms with van der Waals surface area (Å²) in [4.78, 5) is 58.8. The summed E-state index contributed by atoms with van der Waals surface area (Å²) in [6, 6.07) is 1.93. The number of hydrogen-bond donors (Lipinski definition) is 0. The summed E-state index contributed by atoms with van der Waals surface area (Å²) >= 11 is 0. The smallest absolute Gasteiger partial charge is 0.303 e. The molecule has 0 N–H and O–H groups in total. The molecule has 0 unspecified atom stereocenters. The third-order valence-corrected chi connectivity index (χ3v) is 5.14. The average molecular weight is 511 g/mol. The van der Waals surface area contributed by atoms with E-state index in [0.29, 0.717) is 0 Å². The van der Waals surface area contributed by atoms with E-state index in [2.05, 4.69) is 0 Å². The van der Waals surface area contributed by atoms with Gasteiger partial charge in [-0.15, -0.1) is 0 Å². The molecule has 0 aliphatic carbocycles. The van der Waals surface area contributed by atoms with E-state index in [4.69, 9.17) is 33.2 Å². The molecule has 0 radical (unpaired) electrons. The molecular weight excluding hydrogens is 482 g/mol. The summed E-state index contributed by atoms with van der Waals surface area (Å²) in [5.74, 6) is -3.51. The molecule has 0 aromatic heterocycles. The summed E-state index contributed by atoms with van der Waals surface area (Å²) in [6.45, 7) is 5.35. The molecule has 13 nitrogen and oxygen atoms in total. The topological polar surface area (TPSA) is 174 Å². The van der Waals surface area contributed by atoms with E-state index in [1.165, 1.54) is 26.0 Å². The van der Waals surface area contributed by atoms with Gasteiger partial charge in [0.05, 0.1) is 6.07 Å². The highest BCUT2D eigenvalue weighted by Gasteiger charge is 2.53. The zero-order valence-corrected chi connectivity index (χ0v) is 20.5. The Labute approximate surface area is 207 Å². The maximum absolute atomic E-state index is 12.0. The lowest BCUT2D eigenvalue weighted by Gasteiger charge is -2.45. The fourth-order valence-electron chi connectivity index (χ4n) is 3.95. The van der Waals surface area contributed by atoms with E-state index in [9.17, 15) is 29.2 Å². The number of carbonyl (C=O) groups excluding carboxylic acids is 5. The number of rotatable bonds is 8. The highest BCUT2D eigenvalue weighted by atomic mass is 16.7.